The summed E-state index contributed by atoms with van der Waals surface area (Å²) in [6.07, 6.45) is 0.536. The van der Waals surface area contributed by atoms with Crippen LogP contribution in [0.2, 0.25) is 0 Å². The van der Waals surface area contributed by atoms with Gasteiger partial charge in [-0.1, -0.05) is 56.3 Å². The minimum Gasteiger partial charge on any atom is -0.497 e. The molecule has 2 aromatic rings. The Labute approximate surface area is 201 Å². The number of ether oxygens (including phenoxy) is 1. The molecule has 2 amide bonds. The van der Waals surface area contributed by atoms with Crippen LogP contribution < -0.4 is 21.1 Å². The van der Waals surface area contributed by atoms with Crippen LogP contribution in [0.1, 0.15) is 25.0 Å². The zero-order valence-corrected chi connectivity index (χ0v) is 19.9. The van der Waals surface area contributed by atoms with Crippen LogP contribution in [0.4, 0.5) is 0 Å². The zero-order chi connectivity index (χ0) is 23.7. The van der Waals surface area contributed by atoms with Gasteiger partial charge >= 0.3 is 7.12 Å². The van der Waals surface area contributed by atoms with E-state index in [2.05, 4.69) is 10.6 Å². The summed E-state index contributed by atoms with van der Waals surface area (Å²) in [4.78, 5) is 25.5. The summed E-state index contributed by atoms with van der Waals surface area (Å²) >= 11 is 0. The van der Waals surface area contributed by atoms with Crippen molar-refractivity contribution < 1.29 is 24.4 Å². The Kier molecular flexibility index (Phi) is 11.9. The van der Waals surface area contributed by atoms with Crippen LogP contribution in [0.5, 0.6) is 5.75 Å². The molecule has 0 saturated heterocycles. The number of hydrogen-bond donors (Lipinski definition) is 5. The molecule has 0 saturated carbocycles. The van der Waals surface area contributed by atoms with Crippen molar-refractivity contribution in [1.82, 2.24) is 10.6 Å². The highest BCUT2D eigenvalue weighted by molar-refractivity contribution is 6.43. The first-order chi connectivity index (χ1) is 15.2. The summed E-state index contributed by atoms with van der Waals surface area (Å²) in [5.74, 6) is -1.41. The van der Waals surface area contributed by atoms with Crippen LogP contribution in [0.25, 0.3) is 0 Å². The van der Waals surface area contributed by atoms with Crippen molar-refractivity contribution in [3.63, 3.8) is 0 Å². The van der Waals surface area contributed by atoms with Crippen LogP contribution in [0.3, 0.4) is 0 Å². The molecule has 8 nitrogen and oxygen atoms in total. The molecule has 0 unspecified atom stereocenters. The SMILES string of the molecule is COc1ccc(C[C@H](N)C(=O)N[C@H](C(=O)N[C@@H](Cc2ccccc2)B(O)O)C(C)C)cc1.Cl. The van der Waals surface area contributed by atoms with Gasteiger partial charge in [-0.15, -0.1) is 12.4 Å². The number of halogens is 1. The molecule has 10 heteroatoms. The van der Waals surface area contributed by atoms with Crippen LogP contribution in [0, 0.1) is 5.92 Å². The number of benzene rings is 2. The van der Waals surface area contributed by atoms with E-state index in [4.69, 9.17) is 10.5 Å². The number of rotatable bonds is 11. The van der Waals surface area contributed by atoms with E-state index < -0.39 is 37.0 Å². The van der Waals surface area contributed by atoms with Gasteiger partial charge in [-0.2, -0.15) is 0 Å². The van der Waals surface area contributed by atoms with Gasteiger partial charge in [-0.25, -0.2) is 0 Å². The van der Waals surface area contributed by atoms with E-state index in [9.17, 15) is 19.6 Å². The standard InChI is InChI=1S/C23H32BN3O5.ClH/c1-15(2)21(23(29)26-20(24(30)31)14-16-7-5-4-6-8-16)27-22(28)19(25)13-17-9-11-18(32-3)12-10-17;/h4-12,15,19-21,30-31H,13-14,25H2,1-3H3,(H,26,29)(H,27,28);1H/t19-,20-,21-;/m0./s1. The summed E-state index contributed by atoms with van der Waals surface area (Å²) in [6.45, 7) is 3.59. The number of carbonyl (C=O) groups is 2. The molecule has 180 valence electrons. The average molecular weight is 478 g/mol. The van der Waals surface area contributed by atoms with Crippen LogP contribution >= 0.6 is 12.4 Å². The number of amides is 2. The number of methoxy groups -OCH3 is 1. The summed E-state index contributed by atoms with van der Waals surface area (Å²) < 4.78 is 5.12. The van der Waals surface area contributed by atoms with E-state index in [0.717, 1.165) is 11.1 Å². The third kappa shape index (κ3) is 9.05. The Morgan fingerprint density at radius 2 is 1.52 bits per heavy atom. The summed E-state index contributed by atoms with van der Waals surface area (Å²) in [7, 11) is -0.175. The first-order valence-corrected chi connectivity index (χ1v) is 10.6. The highest BCUT2D eigenvalue weighted by Gasteiger charge is 2.31. The highest BCUT2D eigenvalue weighted by Crippen LogP contribution is 2.13. The molecule has 0 fully saturated rings. The van der Waals surface area contributed by atoms with Crippen molar-refractivity contribution in [2.24, 2.45) is 11.7 Å². The summed E-state index contributed by atoms with van der Waals surface area (Å²) in [5, 5.41) is 24.8. The lowest BCUT2D eigenvalue weighted by Crippen LogP contribution is -2.58. The molecule has 2 aromatic carbocycles. The van der Waals surface area contributed by atoms with E-state index in [1.54, 1.807) is 33.1 Å². The molecule has 0 aromatic heterocycles. The fourth-order valence-corrected chi connectivity index (χ4v) is 3.28. The van der Waals surface area contributed by atoms with Crippen LogP contribution in [-0.4, -0.2) is 54.1 Å². The first-order valence-electron chi connectivity index (χ1n) is 10.6. The van der Waals surface area contributed by atoms with E-state index >= 15 is 0 Å². The highest BCUT2D eigenvalue weighted by atomic mass is 35.5. The average Bonchev–Trinajstić information content (AvgIpc) is 2.77. The Morgan fingerprint density at radius 3 is 2.03 bits per heavy atom. The van der Waals surface area contributed by atoms with Crippen molar-refractivity contribution >= 4 is 31.3 Å². The Morgan fingerprint density at radius 1 is 0.939 bits per heavy atom. The van der Waals surface area contributed by atoms with Gasteiger partial charge in [-0.3, -0.25) is 9.59 Å². The molecule has 6 N–H and O–H groups in total. The Hall–Kier alpha value is -2.59. The number of hydrogen-bond acceptors (Lipinski definition) is 6. The normalized spacial score (nSPS) is 13.3. The van der Waals surface area contributed by atoms with E-state index in [0.29, 0.717) is 12.2 Å². The van der Waals surface area contributed by atoms with Crippen molar-refractivity contribution in [3.05, 3.63) is 65.7 Å². The molecule has 33 heavy (non-hydrogen) atoms. The van der Waals surface area contributed by atoms with E-state index in [1.165, 1.54) is 0 Å². The molecule has 2 rings (SSSR count). The van der Waals surface area contributed by atoms with Crippen molar-refractivity contribution in [2.75, 3.05) is 7.11 Å². The number of carbonyl (C=O) groups excluding carboxylic acids is 2. The van der Waals surface area contributed by atoms with E-state index in [-0.39, 0.29) is 24.7 Å². The molecule has 0 aliphatic rings. The van der Waals surface area contributed by atoms with Crippen molar-refractivity contribution in [3.8, 4) is 5.75 Å². The first kappa shape index (κ1) is 28.4. The molecule has 0 bridgehead atoms. The third-order valence-corrected chi connectivity index (χ3v) is 5.18. The van der Waals surface area contributed by atoms with Gasteiger partial charge in [0.2, 0.25) is 11.8 Å². The van der Waals surface area contributed by atoms with Crippen LogP contribution in [-0.2, 0) is 22.4 Å². The zero-order valence-electron chi connectivity index (χ0n) is 19.1. The number of nitrogens with one attached hydrogen (secondary N) is 2. The lowest BCUT2D eigenvalue weighted by atomic mass is 9.75. The molecule has 0 aliphatic carbocycles. The smallest absolute Gasteiger partial charge is 0.475 e. The Balaban J connectivity index is 0.00000544. The number of nitrogens with two attached hydrogens (primary N) is 1. The van der Waals surface area contributed by atoms with E-state index in [1.807, 2.05) is 42.5 Å². The van der Waals surface area contributed by atoms with Gasteiger partial charge < -0.3 is 31.2 Å². The fourth-order valence-electron chi connectivity index (χ4n) is 3.28. The molecule has 0 heterocycles. The summed E-state index contributed by atoms with van der Waals surface area (Å²) in [6, 6.07) is 14.7. The van der Waals surface area contributed by atoms with Gasteiger partial charge in [-0.05, 0) is 42.0 Å². The molecule has 0 radical (unpaired) electrons. The van der Waals surface area contributed by atoms with Crippen molar-refractivity contribution in [2.45, 2.75) is 44.7 Å². The fraction of sp³-hybridized carbons (Fsp3) is 0.391. The maximum atomic E-state index is 12.9. The minimum atomic E-state index is -1.75. The monoisotopic (exact) mass is 477 g/mol. The lowest BCUT2D eigenvalue weighted by molar-refractivity contribution is -0.130. The Bertz CT molecular complexity index is 868. The predicted molar refractivity (Wildman–Crippen MR) is 131 cm³/mol. The topological polar surface area (TPSA) is 134 Å². The molecular formula is C23H33BClN3O5. The molecule has 0 aliphatic heterocycles. The van der Waals surface area contributed by atoms with Gasteiger partial charge in [0.15, 0.2) is 0 Å². The molecular weight excluding hydrogens is 445 g/mol. The minimum absolute atomic E-state index is 0. The van der Waals surface area contributed by atoms with Gasteiger partial charge in [0.25, 0.3) is 0 Å². The lowest BCUT2D eigenvalue weighted by Gasteiger charge is -2.26. The van der Waals surface area contributed by atoms with Gasteiger partial charge in [0.1, 0.15) is 11.8 Å². The van der Waals surface area contributed by atoms with Gasteiger partial charge in [0, 0.05) is 0 Å². The van der Waals surface area contributed by atoms with Crippen LogP contribution in [0.15, 0.2) is 54.6 Å². The second-order valence-electron chi connectivity index (χ2n) is 8.11. The quantitative estimate of drug-likeness (QED) is 0.305. The van der Waals surface area contributed by atoms with Gasteiger partial charge in [0.05, 0.1) is 19.1 Å². The largest absolute Gasteiger partial charge is 0.497 e. The summed E-state index contributed by atoms with van der Waals surface area (Å²) in [5.41, 5.74) is 7.78. The third-order valence-electron chi connectivity index (χ3n) is 5.18. The molecule has 3 atom stereocenters. The second-order valence-corrected chi connectivity index (χ2v) is 8.11. The maximum absolute atomic E-state index is 12.9. The van der Waals surface area contributed by atoms with Crippen molar-refractivity contribution in [1.29, 1.82) is 0 Å². The second kappa shape index (κ2) is 13.8. The molecule has 0 spiro atoms. The maximum Gasteiger partial charge on any atom is 0.475 e. The predicted octanol–water partition coefficient (Wildman–Crippen LogP) is 0.867.